The molecule has 0 radical (unpaired) electrons. The average molecular weight is 461 g/mol. The van der Waals surface area contributed by atoms with E-state index in [1.54, 1.807) is 23.1 Å². The molecule has 0 N–H and O–H groups in total. The highest BCUT2D eigenvalue weighted by Gasteiger charge is 2.24. The number of rotatable bonds is 4. The van der Waals surface area contributed by atoms with Gasteiger partial charge in [-0.2, -0.15) is 5.26 Å². The van der Waals surface area contributed by atoms with Gasteiger partial charge >= 0.3 is 0 Å². The fourth-order valence-corrected chi connectivity index (χ4v) is 4.20. The molecule has 0 unspecified atom stereocenters. The van der Waals surface area contributed by atoms with Crippen molar-refractivity contribution in [2.45, 2.75) is 0 Å². The summed E-state index contributed by atoms with van der Waals surface area (Å²) in [5.74, 6) is 0.249. The lowest BCUT2D eigenvalue weighted by molar-refractivity contribution is -0.126. The van der Waals surface area contributed by atoms with Gasteiger partial charge < -0.3 is 14.5 Å². The van der Waals surface area contributed by atoms with Crippen LogP contribution in [0.1, 0.15) is 5.56 Å². The predicted octanol–water partition coefficient (Wildman–Crippen LogP) is 4.37. The lowest BCUT2D eigenvalue weighted by atomic mass is 10.1. The van der Waals surface area contributed by atoms with Gasteiger partial charge in [0.1, 0.15) is 11.6 Å². The molecule has 1 aliphatic rings. The number of nitrogens with zero attached hydrogens (tertiary/aromatic N) is 3. The molecule has 0 aromatic heterocycles. The Morgan fingerprint density at radius 2 is 1.89 bits per heavy atom. The summed E-state index contributed by atoms with van der Waals surface area (Å²) in [7, 11) is 1.53. The zero-order valence-electron chi connectivity index (χ0n) is 15.4. The highest BCUT2D eigenvalue weighted by Crippen LogP contribution is 2.34. The van der Waals surface area contributed by atoms with Gasteiger partial charge in [-0.15, -0.1) is 0 Å². The molecule has 1 aliphatic heterocycles. The summed E-state index contributed by atoms with van der Waals surface area (Å²) < 4.78 is 5.87. The summed E-state index contributed by atoms with van der Waals surface area (Å²) in [6.07, 6.45) is 1.56. The molecular weight excluding hydrogens is 442 g/mol. The normalized spacial score (nSPS) is 14.6. The molecule has 0 bridgehead atoms. The molecule has 3 rings (SSSR count). The minimum atomic E-state index is -0.265. The van der Waals surface area contributed by atoms with Gasteiger partial charge in [0.15, 0.2) is 5.75 Å². The number of methoxy groups -OCH3 is 1. The Hall–Kier alpha value is -2.49. The molecule has 2 aromatic rings. The second-order valence-electron chi connectivity index (χ2n) is 6.30. The third-order valence-corrected chi connectivity index (χ3v) is 5.44. The highest BCUT2D eigenvalue weighted by atomic mass is 79.9. The van der Waals surface area contributed by atoms with Crippen LogP contribution >= 0.6 is 27.5 Å². The average Bonchev–Trinajstić information content (AvgIpc) is 2.72. The maximum absolute atomic E-state index is 12.8. The molecule has 0 saturated carbocycles. The number of amides is 1. The van der Waals surface area contributed by atoms with E-state index in [0.29, 0.717) is 33.9 Å². The number of halogens is 2. The molecule has 1 saturated heterocycles. The third kappa shape index (κ3) is 4.49. The SMILES string of the molecule is COc1c(Cl)cc(C=C(C#N)C(=O)N2CCN(c3ccccc3)CC2)cc1Br. The first-order valence-corrected chi connectivity index (χ1v) is 9.94. The Morgan fingerprint density at radius 1 is 1.21 bits per heavy atom. The van der Waals surface area contributed by atoms with Crippen LogP contribution in [0.25, 0.3) is 6.08 Å². The molecule has 1 fully saturated rings. The molecule has 0 atom stereocenters. The first-order chi connectivity index (χ1) is 13.5. The highest BCUT2D eigenvalue weighted by molar-refractivity contribution is 9.10. The summed E-state index contributed by atoms with van der Waals surface area (Å²) in [6.45, 7) is 2.60. The van der Waals surface area contributed by atoms with Gasteiger partial charge in [0.25, 0.3) is 5.91 Å². The number of hydrogen-bond donors (Lipinski definition) is 0. The van der Waals surface area contributed by atoms with E-state index in [1.165, 1.54) is 7.11 Å². The predicted molar refractivity (Wildman–Crippen MR) is 115 cm³/mol. The lowest BCUT2D eigenvalue weighted by Gasteiger charge is -2.36. The van der Waals surface area contributed by atoms with Gasteiger partial charge in [0.05, 0.1) is 16.6 Å². The molecule has 5 nitrogen and oxygen atoms in total. The van der Waals surface area contributed by atoms with Crippen LogP contribution in [0.2, 0.25) is 5.02 Å². The maximum Gasteiger partial charge on any atom is 0.264 e. The molecule has 0 spiro atoms. The van der Waals surface area contributed by atoms with Crippen molar-refractivity contribution < 1.29 is 9.53 Å². The number of anilines is 1. The van der Waals surface area contributed by atoms with E-state index in [0.717, 1.165) is 18.8 Å². The van der Waals surface area contributed by atoms with Crippen LogP contribution in [0.5, 0.6) is 5.75 Å². The van der Waals surface area contributed by atoms with Crippen molar-refractivity contribution in [3.05, 3.63) is 63.1 Å². The van der Waals surface area contributed by atoms with Crippen molar-refractivity contribution in [2.24, 2.45) is 0 Å². The molecule has 0 aliphatic carbocycles. The summed E-state index contributed by atoms with van der Waals surface area (Å²) in [4.78, 5) is 16.8. The van der Waals surface area contributed by atoms with Gasteiger partial charge in [-0.05, 0) is 51.8 Å². The summed E-state index contributed by atoms with van der Waals surface area (Å²) in [5, 5.41) is 9.92. The first kappa shape index (κ1) is 20.2. The first-order valence-electron chi connectivity index (χ1n) is 8.77. The summed E-state index contributed by atoms with van der Waals surface area (Å²) in [6, 6.07) is 15.6. The van der Waals surface area contributed by atoms with Crippen molar-refractivity contribution >= 4 is 45.2 Å². The van der Waals surface area contributed by atoms with Crippen LogP contribution in [0.3, 0.4) is 0 Å². The molecule has 2 aromatic carbocycles. The van der Waals surface area contributed by atoms with Crippen LogP contribution in [-0.4, -0.2) is 44.1 Å². The van der Waals surface area contributed by atoms with Crippen LogP contribution < -0.4 is 9.64 Å². The topological polar surface area (TPSA) is 56.6 Å². The number of piperazine rings is 1. The van der Waals surface area contributed by atoms with E-state index in [9.17, 15) is 10.1 Å². The van der Waals surface area contributed by atoms with Gasteiger partial charge in [0, 0.05) is 31.9 Å². The number of para-hydroxylation sites is 1. The second-order valence-corrected chi connectivity index (χ2v) is 7.56. The van der Waals surface area contributed by atoms with Crippen LogP contribution in [0, 0.1) is 11.3 Å². The molecule has 28 heavy (non-hydrogen) atoms. The minimum absolute atomic E-state index is 0.0845. The smallest absolute Gasteiger partial charge is 0.264 e. The van der Waals surface area contributed by atoms with E-state index < -0.39 is 0 Å². The summed E-state index contributed by atoms with van der Waals surface area (Å²) >= 11 is 9.59. The van der Waals surface area contributed by atoms with Crippen molar-refractivity contribution in [3.63, 3.8) is 0 Å². The van der Waals surface area contributed by atoms with Gasteiger partial charge in [-0.25, -0.2) is 0 Å². The van der Waals surface area contributed by atoms with E-state index in [1.807, 2.05) is 24.3 Å². The van der Waals surface area contributed by atoms with E-state index in [4.69, 9.17) is 16.3 Å². The molecule has 1 amide bonds. The Morgan fingerprint density at radius 3 is 2.46 bits per heavy atom. The Labute approximate surface area is 177 Å². The summed E-state index contributed by atoms with van der Waals surface area (Å²) in [5.41, 5.74) is 1.88. The number of nitriles is 1. The zero-order valence-corrected chi connectivity index (χ0v) is 17.7. The molecule has 1 heterocycles. The lowest BCUT2D eigenvalue weighted by Crippen LogP contribution is -2.49. The van der Waals surface area contributed by atoms with Crippen molar-refractivity contribution in [2.75, 3.05) is 38.2 Å². The van der Waals surface area contributed by atoms with Gasteiger partial charge in [0.2, 0.25) is 0 Å². The quantitative estimate of drug-likeness (QED) is 0.502. The van der Waals surface area contributed by atoms with E-state index in [-0.39, 0.29) is 11.5 Å². The molecular formula is C21H19BrClN3O2. The van der Waals surface area contributed by atoms with Crippen LogP contribution in [0.15, 0.2) is 52.5 Å². The number of carbonyl (C=O) groups is 1. The molecule has 144 valence electrons. The number of carbonyl (C=O) groups excluding carboxylic acids is 1. The Bertz CT molecular complexity index is 909. The van der Waals surface area contributed by atoms with Crippen molar-refractivity contribution in [1.29, 1.82) is 5.26 Å². The minimum Gasteiger partial charge on any atom is -0.494 e. The van der Waals surface area contributed by atoms with Crippen molar-refractivity contribution in [3.8, 4) is 11.8 Å². The van der Waals surface area contributed by atoms with E-state index >= 15 is 0 Å². The number of ether oxygens (including phenoxy) is 1. The zero-order chi connectivity index (χ0) is 20.1. The second kappa shape index (κ2) is 9.13. The van der Waals surface area contributed by atoms with Crippen molar-refractivity contribution in [1.82, 2.24) is 4.90 Å². The number of hydrogen-bond acceptors (Lipinski definition) is 4. The fraction of sp³-hybridized carbons (Fsp3) is 0.238. The largest absolute Gasteiger partial charge is 0.494 e. The third-order valence-electron chi connectivity index (χ3n) is 4.57. The number of benzene rings is 2. The molecule has 7 heteroatoms. The van der Waals surface area contributed by atoms with Crippen LogP contribution in [-0.2, 0) is 4.79 Å². The fourth-order valence-electron chi connectivity index (χ4n) is 3.14. The Kier molecular flexibility index (Phi) is 6.61. The van der Waals surface area contributed by atoms with Gasteiger partial charge in [-0.1, -0.05) is 29.8 Å². The maximum atomic E-state index is 12.8. The Balaban J connectivity index is 1.73. The van der Waals surface area contributed by atoms with Crippen LogP contribution in [0.4, 0.5) is 5.69 Å². The standard InChI is InChI=1S/C21H19BrClN3O2/c1-28-20-18(22)12-15(13-19(20)23)11-16(14-24)21(27)26-9-7-25(8-10-26)17-5-3-2-4-6-17/h2-6,11-13H,7-10H2,1H3. The van der Waals surface area contributed by atoms with E-state index in [2.05, 4.69) is 33.0 Å². The monoisotopic (exact) mass is 459 g/mol. The van der Waals surface area contributed by atoms with Gasteiger partial charge in [-0.3, -0.25) is 4.79 Å².